The summed E-state index contributed by atoms with van der Waals surface area (Å²) in [5.41, 5.74) is 0. The molecule has 362 valence electrons. The van der Waals surface area contributed by atoms with Crippen molar-refractivity contribution in [3.63, 3.8) is 0 Å². The van der Waals surface area contributed by atoms with Crippen molar-refractivity contribution in [1.82, 2.24) is 0 Å². The van der Waals surface area contributed by atoms with Gasteiger partial charge in [-0.1, -0.05) is 185 Å². The summed E-state index contributed by atoms with van der Waals surface area (Å²) >= 11 is 0. The molecule has 0 spiro atoms. The molecule has 0 radical (unpaired) electrons. The van der Waals surface area contributed by atoms with E-state index in [1.165, 1.54) is 77.0 Å². The topological polar surface area (TPSA) is 175 Å². The molecule has 6 unspecified atom stereocenters. The molecule has 1 aliphatic rings. The summed E-state index contributed by atoms with van der Waals surface area (Å²) in [5.74, 6) is -3.22. The molecule has 0 amide bonds. The van der Waals surface area contributed by atoms with Gasteiger partial charge in [0.2, 0.25) is 0 Å². The molecule has 1 fully saturated rings. The van der Waals surface area contributed by atoms with E-state index in [1.807, 2.05) is 18.2 Å². The third-order valence-corrected chi connectivity index (χ3v) is 10.9. The highest BCUT2D eigenvalue weighted by molar-refractivity contribution is 5.74. The van der Waals surface area contributed by atoms with Gasteiger partial charge in [0.1, 0.15) is 18.8 Å². The number of allylic oxidation sites excluding steroid dienone is 8. The van der Waals surface area contributed by atoms with E-state index in [4.69, 9.17) is 23.7 Å². The molecule has 63 heavy (non-hydrogen) atoms. The second kappa shape index (κ2) is 40.2. The number of carboxylic acids is 1. The quantitative estimate of drug-likeness (QED) is 0.0230. The Kier molecular flexibility index (Phi) is 36.8. The third kappa shape index (κ3) is 31.2. The summed E-state index contributed by atoms with van der Waals surface area (Å²) in [6.07, 6.45) is 32.8. The molecule has 12 heteroatoms. The molecule has 0 aromatic carbocycles. The molecule has 3 N–H and O–H groups in total. The van der Waals surface area contributed by atoms with E-state index in [0.717, 1.165) is 57.8 Å². The van der Waals surface area contributed by atoms with Crippen LogP contribution in [0.15, 0.2) is 48.6 Å². The third-order valence-electron chi connectivity index (χ3n) is 10.9. The minimum absolute atomic E-state index is 0.0587. The van der Waals surface area contributed by atoms with E-state index in [2.05, 4.69) is 51.2 Å². The predicted octanol–water partition coefficient (Wildman–Crippen LogP) is 11.1. The van der Waals surface area contributed by atoms with Gasteiger partial charge in [0, 0.05) is 19.3 Å². The summed E-state index contributed by atoms with van der Waals surface area (Å²) < 4.78 is 28.1. The van der Waals surface area contributed by atoms with Crippen LogP contribution in [0.3, 0.4) is 0 Å². The van der Waals surface area contributed by atoms with Gasteiger partial charge in [-0.25, -0.2) is 4.79 Å². The van der Waals surface area contributed by atoms with Crippen LogP contribution in [0.25, 0.3) is 0 Å². The molecule has 0 aromatic heterocycles. The lowest BCUT2D eigenvalue weighted by atomic mass is 9.98. The van der Waals surface area contributed by atoms with Crippen LogP contribution < -0.4 is 0 Å². The number of esters is 3. The molecular weight excluding hydrogens is 805 g/mol. The van der Waals surface area contributed by atoms with Crippen molar-refractivity contribution in [1.29, 1.82) is 0 Å². The molecule has 1 rings (SSSR count). The first-order valence-corrected chi connectivity index (χ1v) is 24.6. The van der Waals surface area contributed by atoms with Crippen molar-refractivity contribution in [3.8, 4) is 0 Å². The zero-order valence-corrected chi connectivity index (χ0v) is 39.3. The van der Waals surface area contributed by atoms with Gasteiger partial charge in [-0.2, -0.15) is 0 Å². The van der Waals surface area contributed by atoms with Gasteiger partial charge in [0.15, 0.2) is 24.6 Å². The van der Waals surface area contributed by atoms with Gasteiger partial charge in [0.25, 0.3) is 0 Å². The number of rotatable bonds is 40. The summed E-state index contributed by atoms with van der Waals surface area (Å²) in [6, 6.07) is 0. The Balaban J connectivity index is 2.79. The van der Waals surface area contributed by atoms with Crippen molar-refractivity contribution >= 4 is 23.9 Å². The monoisotopic (exact) mass is 891 g/mol. The van der Waals surface area contributed by atoms with Crippen LogP contribution in [-0.2, 0) is 42.9 Å². The van der Waals surface area contributed by atoms with Crippen molar-refractivity contribution in [2.24, 2.45) is 0 Å². The summed E-state index contributed by atoms with van der Waals surface area (Å²) in [5, 5.41) is 31.2. The average Bonchev–Trinajstić information content (AvgIpc) is 3.26. The molecule has 0 saturated carbocycles. The fourth-order valence-electron chi connectivity index (χ4n) is 7.14. The standard InChI is InChI=1S/C51H86O12/c1-4-7-10-13-16-19-21-22-24-27-30-33-36-39-45(54)62-49-47(56)46(55)48(50(57)58)63-51(49)60-41-42(61-44(53)38-35-32-29-25-18-15-12-9-6-3)40-59-43(52)37-34-31-28-26-23-20-17-14-11-8-5-2/h7,10,16,19,22,24,30,33,42,46-49,51,55-56H,4-6,8-9,11-15,17-18,20-21,23,25-29,31-32,34-41H2,1-3H3,(H,57,58)/b10-7-,19-16-,24-22-,33-30-. The molecule has 1 heterocycles. The van der Waals surface area contributed by atoms with Gasteiger partial charge >= 0.3 is 23.9 Å². The van der Waals surface area contributed by atoms with Crippen molar-refractivity contribution in [2.75, 3.05) is 13.2 Å². The molecule has 12 nitrogen and oxygen atoms in total. The number of ether oxygens (including phenoxy) is 5. The van der Waals surface area contributed by atoms with E-state index in [1.54, 1.807) is 0 Å². The van der Waals surface area contributed by atoms with Crippen LogP contribution >= 0.6 is 0 Å². The van der Waals surface area contributed by atoms with E-state index < -0.39 is 67.3 Å². The van der Waals surface area contributed by atoms with E-state index >= 15 is 0 Å². The number of hydrogen-bond donors (Lipinski definition) is 3. The largest absolute Gasteiger partial charge is 0.479 e. The number of aliphatic carboxylic acids is 1. The Labute approximate surface area is 380 Å². The number of hydrogen-bond acceptors (Lipinski definition) is 11. The first kappa shape index (κ1) is 57.7. The zero-order chi connectivity index (χ0) is 46.2. The maximum Gasteiger partial charge on any atom is 0.335 e. The smallest absolute Gasteiger partial charge is 0.335 e. The number of carbonyl (C=O) groups is 4. The van der Waals surface area contributed by atoms with E-state index in [0.29, 0.717) is 25.7 Å². The van der Waals surface area contributed by atoms with Crippen molar-refractivity contribution < 1.29 is 58.2 Å². The van der Waals surface area contributed by atoms with Crippen LogP contribution in [0.5, 0.6) is 0 Å². The number of aliphatic hydroxyl groups excluding tert-OH is 2. The summed E-state index contributed by atoms with van der Waals surface area (Å²) in [4.78, 5) is 50.5. The van der Waals surface area contributed by atoms with Gasteiger partial charge in [-0.05, 0) is 44.9 Å². The lowest BCUT2D eigenvalue weighted by molar-refractivity contribution is -0.301. The zero-order valence-electron chi connectivity index (χ0n) is 39.3. The van der Waals surface area contributed by atoms with Gasteiger partial charge in [0.05, 0.1) is 6.61 Å². The second-order valence-electron chi connectivity index (χ2n) is 16.7. The van der Waals surface area contributed by atoms with Gasteiger partial charge in [-0.3, -0.25) is 14.4 Å². The molecule has 6 atom stereocenters. The number of carbonyl (C=O) groups excluding carboxylic acids is 3. The number of carboxylic acid groups (broad SMARTS) is 1. The minimum Gasteiger partial charge on any atom is -0.479 e. The minimum atomic E-state index is -1.92. The van der Waals surface area contributed by atoms with Crippen molar-refractivity contribution in [2.45, 2.75) is 237 Å². The van der Waals surface area contributed by atoms with Gasteiger partial charge < -0.3 is 39.0 Å². The lowest BCUT2D eigenvalue weighted by Gasteiger charge is -2.40. The second-order valence-corrected chi connectivity index (χ2v) is 16.7. The maximum absolute atomic E-state index is 13.0. The van der Waals surface area contributed by atoms with Gasteiger partial charge in [-0.15, -0.1) is 0 Å². The van der Waals surface area contributed by atoms with Crippen LogP contribution in [0, 0.1) is 0 Å². The highest BCUT2D eigenvalue weighted by Gasteiger charge is 2.50. The molecule has 1 saturated heterocycles. The number of unbranched alkanes of at least 4 members (excludes halogenated alkanes) is 18. The van der Waals surface area contributed by atoms with Crippen LogP contribution in [-0.4, -0.2) is 89.2 Å². The first-order valence-electron chi connectivity index (χ1n) is 24.6. The Morgan fingerprint density at radius 3 is 1.49 bits per heavy atom. The molecule has 1 aliphatic heterocycles. The highest BCUT2D eigenvalue weighted by Crippen LogP contribution is 2.26. The Morgan fingerprint density at radius 2 is 1.00 bits per heavy atom. The maximum atomic E-state index is 13.0. The predicted molar refractivity (Wildman–Crippen MR) is 248 cm³/mol. The molecule has 0 bridgehead atoms. The number of aliphatic hydroxyl groups is 2. The molecule has 0 aromatic rings. The van der Waals surface area contributed by atoms with Crippen molar-refractivity contribution in [3.05, 3.63) is 48.6 Å². The van der Waals surface area contributed by atoms with E-state index in [9.17, 15) is 34.5 Å². The van der Waals surface area contributed by atoms with Crippen LogP contribution in [0.4, 0.5) is 0 Å². The van der Waals surface area contributed by atoms with Crippen LogP contribution in [0.1, 0.15) is 201 Å². The fraction of sp³-hybridized carbons (Fsp3) is 0.765. The summed E-state index contributed by atoms with van der Waals surface area (Å²) in [7, 11) is 0. The normalized spacial score (nSPS) is 19.7. The molecule has 0 aliphatic carbocycles. The average molecular weight is 891 g/mol. The highest BCUT2D eigenvalue weighted by atomic mass is 16.7. The first-order chi connectivity index (χ1) is 30.6. The molecular formula is C51H86O12. The Bertz CT molecular complexity index is 1290. The fourth-order valence-corrected chi connectivity index (χ4v) is 7.14. The van der Waals surface area contributed by atoms with Crippen LogP contribution in [0.2, 0.25) is 0 Å². The SMILES string of the molecule is CC/C=C\C/C=C\C/C=C\C/C=C\CCC(=O)OC1C(OCC(COC(=O)CCCCCCCCCCCCC)OC(=O)CCCCCCCCCCC)OC(C(=O)O)C(O)C1O. The van der Waals surface area contributed by atoms with E-state index in [-0.39, 0.29) is 25.9 Å². The Morgan fingerprint density at radius 1 is 0.540 bits per heavy atom. The lowest BCUT2D eigenvalue weighted by Crippen LogP contribution is -2.61. The Hall–Kier alpha value is -3.32. The summed E-state index contributed by atoms with van der Waals surface area (Å²) in [6.45, 7) is 5.77.